The second kappa shape index (κ2) is 8.31. The first-order valence-electron chi connectivity index (χ1n) is 8.11. The van der Waals surface area contributed by atoms with Gasteiger partial charge in [0, 0.05) is 36.3 Å². The van der Waals surface area contributed by atoms with Gasteiger partial charge in [-0.05, 0) is 30.7 Å². The summed E-state index contributed by atoms with van der Waals surface area (Å²) in [6.45, 7) is 2.93. The summed E-state index contributed by atoms with van der Waals surface area (Å²) in [4.78, 5) is 26.2. The van der Waals surface area contributed by atoms with E-state index in [1.165, 1.54) is 0 Å². The Morgan fingerprint density at radius 2 is 2.13 bits per heavy atom. The number of carbonyl (C=O) groups is 2. The third-order valence-electron chi connectivity index (χ3n) is 4.17. The van der Waals surface area contributed by atoms with Gasteiger partial charge >= 0.3 is 0 Å². The first-order valence-corrected chi connectivity index (χ1v) is 8.49. The largest absolute Gasteiger partial charge is 0.352 e. The highest BCUT2D eigenvalue weighted by Crippen LogP contribution is 2.26. The van der Waals surface area contributed by atoms with Gasteiger partial charge in [0.05, 0.1) is 5.92 Å². The van der Waals surface area contributed by atoms with Gasteiger partial charge in [-0.25, -0.2) is 0 Å². The molecule has 0 radical (unpaired) electrons. The summed E-state index contributed by atoms with van der Waals surface area (Å²) in [5.41, 5.74) is 6.49. The van der Waals surface area contributed by atoms with Gasteiger partial charge in [0.2, 0.25) is 11.8 Å². The number of rotatable bonds is 7. The van der Waals surface area contributed by atoms with Crippen molar-refractivity contribution in [3.8, 4) is 0 Å². The van der Waals surface area contributed by atoms with Crippen LogP contribution in [0, 0.1) is 5.92 Å². The van der Waals surface area contributed by atoms with Crippen LogP contribution in [0.3, 0.4) is 0 Å². The molecule has 1 heterocycles. The summed E-state index contributed by atoms with van der Waals surface area (Å²) in [6.07, 6.45) is 3.21. The molecule has 23 heavy (non-hydrogen) atoms. The highest BCUT2D eigenvalue weighted by atomic mass is 35.5. The number of amides is 2. The molecular weight excluding hydrogens is 314 g/mol. The second-order valence-electron chi connectivity index (χ2n) is 5.97. The first-order chi connectivity index (χ1) is 11.0. The van der Waals surface area contributed by atoms with Gasteiger partial charge < -0.3 is 16.0 Å². The van der Waals surface area contributed by atoms with Crippen molar-refractivity contribution in [1.82, 2.24) is 5.32 Å². The standard InChI is InChI=1S/C17H24ClN3O2/c1-2-3-4-14(10-19)20-17(23)12-9-16(22)21(11-12)15-7-5-13(18)6-8-15/h5-8,12,14H,2-4,9-11,19H2,1H3,(H,20,23). The normalized spacial score (nSPS) is 19.0. The molecule has 1 saturated heterocycles. The maximum absolute atomic E-state index is 12.4. The number of nitrogens with zero attached hydrogens (tertiary/aromatic N) is 1. The zero-order chi connectivity index (χ0) is 16.8. The van der Waals surface area contributed by atoms with Crippen LogP contribution >= 0.6 is 11.6 Å². The molecule has 1 fully saturated rings. The van der Waals surface area contributed by atoms with Crippen LogP contribution in [-0.2, 0) is 9.59 Å². The number of hydrogen-bond donors (Lipinski definition) is 2. The molecular formula is C17H24ClN3O2. The average molecular weight is 338 g/mol. The lowest BCUT2D eigenvalue weighted by Crippen LogP contribution is -2.43. The van der Waals surface area contributed by atoms with Gasteiger partial charge in [-0.15, -0.1) is 0 Å². The van der Waals surface area contributed by atoms with Crippen LogP contribution in [0.4, 0.5) is 5.69 Å². The van der Waals surface area contributed by atoms with Gasteiger partial charge in [-0.3, -0.25) is 9.59 Å². The molecule has 6 heteroatoms. The maximum atomic E-state index is 12.4. The fourth-order valence-corrected chi connectivity index (χ4v) is 2.90. The van der Waals surface area contributed by atoms with Crippen molar-refractivity contribution in [2.45, 2.75) is 38.6 Å². The minimum absolute atomic E-state index is 0.0119. The zero-order valence-corrected chi connectivity index (χ0v) is 14.2. The van der Waals surface area contributed by atoms with E-state index in [1.54, 1.807) is 29.2 Å². The summed E-state index contributed by atoms with van der Waals surface area (Å²) in [5, 5.41) is 3.60. The molecule has 1 aromatic rings. The highest BCUT2D eigenvalue weighted by molar-refractivity contribution is 6.30. The van der Waals surface area contributed by atoms with Gasteiger partial charge in [-0.2, -0.15) is 0 Å². The van der Waals surface area contributed by atoms with Crippen molar-refractivity contribution < 1.29 is 9.59 Å². The van der Waals surface area contributed by atoms with E-state index in [-0.39, 0.29) is 30.2 Å². The van der Waals surface area contributed by atoms with Crippen molar-refractivity contribution >= 4 is 29.1 Å². The predicted molar refractivity (Wildman–Crippen MR) is 92.4 cm³/mol. The topological polar surface area (TPSA) is 75.4 Å². The molecule has 0 bridgehead atoms. The summed E-state index contributed by atoms with van der Waals surface area (Å²) >= 11 is 5.87. The quantitative estimate of drug-likeness (QED) is 0.801. The summed E-state index contributed by atoms with van der Waals surface area (Å²) < 4.78 is 0. The molecule has 3 N–H and O–H groups in total. The van der Waals surface area contributed by atoms with Crippen molar-refractivity contribution in [3.63, 3.8) is 0 Å². The summed E-state index contributed by atoms with van der Waals surface area (Å²) in [6, 6.07) is 7.07. The molecule has 0 saturated carbocycles. The predicted octanol–water partition coefficient (Wildman–Crippen LogP) is 2.33. The maximum Gasteiger partial charge on any atom is 0.227 e. The smallest absolute Gasteiger partial charge is 0.227 e. The van der Waals surface area contributed by atoms with E-state index < -0.39 is 0 Å². The van der Waals surface area contributed by atoms with E-state index in [0.29, 0.717) is 18.1 Å². The van der Waals surface area contributed by atoms with Crippen LogP contribution < -0.4 is 16.0 Å². The van der Waals surface area contributed by atoms with Crippen molar-refractivity contribution in [1.29, 1.82) is 0 Å². The van der Waals surface area contributed by atoms with E-state index >= 15 is 0 Å². The van der Waals surface area contributed by atoms with Gasteiger partial charge in [0.25, 0.3) is 0 Å². The van der Waals surface area contributed by atoms with E-state index in [4.69, 9.17) is 17.3 Å². The van der Waals surface area contributed by atoms with Crippen LogP contribution in [0.15, 0.2) is 24.3 Å². The van der Waals surface area contributed by atoms with Gasteiger partial charge in [-0.1, -0.05) is 31.4 Å². The SMILES string of the molecule is CCCCC(CN)NC(=O)C1CC(=O)N(c2ccc(Cl)cc2)C1. The van der Waals surface area contributed by atoms with E-state index in [0.717, 1.165) is 24.9 Å². The van der Waals surface area contributed by atoms with Crippen molar-refractivity contribution in [2.75, 3.05) is 18.0 Å². The van der Waals surface area contributed by atoms with Gasteiger partial charge in [0.15, 0.2) is 0 Å². The van der Waals surface area contributed by atoms with Crippen LogP contribution in [0.5, 0.6) is 0 Å². The molecule has 0 aromatic heterocycles. The van der Waals surface area contributed by atoms with E-state index in [1.807, 2.05) is 0 Å². The Morgan fingerprint density at radius 1 is 1.43 bits per heavy atom. The number of unbranched alkanes of at least 4 members (excludes halogenated alkanes) is 1. The monoisotopic (exact) mass is 337 g/mol. The molecule has 2 atom stereocenters. The van der Waals surface area contributed by atoms with Crippen LogP contribution in [-0.4, -0.2) is 30.9 Å². The Balaban J connectivity index is 1.95. The van der Waals surface area contributed by atoms with Crippen molar-refractivity contribution in [3.05, 3.63) is 29.3 Å². The third kappa shape index (κ3) is 4.69. The number of hydrogen-bond acceptors (Lipinski definition) is 3. The Labute approximate surface area is 142 Å². The summed E-state index contributed by atoms with van der Waals surface area (Å²) in [5.74, 6) is -0.444. The fraction of sp³-hybridized carbons (Fsp3) is 0.529. The van der Waals surface area contributed by atoms with Gasteiger partial charge in [0.1, 0.15) is 0 Å². The van der Waals surface area contributed by atoms with Crippen LogP contribution in [0.1, 0.15) is 32.6 Å². The van der Waals surface area contributed by atoms with E-state index in [2.05, 4.69) is 12.2 Å². The second-order valence-corrected chi connectivity index (χ2v) is 6.40. The molecule has 2 unspecified atom stereocenters. The summed E-state index contributed by atoms with van der Waals surface area (Å²) in [7, 11) is 0. The molecule has 0 spiro atoms. The van der Waals surface area contributed by atoms with Crippen molar-refractivity contribution in [2.24, 2.45) is 11.7 Å². The van der Waals surface area contributed by atoms with Crippen LogP contribution in [0.25, 0.3) is 0 Å². The Morgan fingerprint density at radius 3 is 2.74 bits per heavy atom. The molecule has 1 aliphatic heterocycles. The Hall–Kier alpha value is -1.59. The number of nitrogens with one attached hydrogen (secondary N) is 1. The molecule has 0 aliphatic carbocycles. The fourth-order valence-electron chi connectivity index (χ4n) is 2.77. The number of carbonyl (C=O) groups excluding carboxylic acids is 2. The number of nitrogens with two attached hydrogens (primary N) is 1. The Kier molecular flexibility index (Phi) is 6.42. The third-order valence-corrected chi connectivity index (χ3v) is 4.42. The minimum Gasteiger partial charge on any atom is -0.352 e. The highest BCUT2D eigenvalue weighted by Gasteiger charge is 2.35. The van der Waals surface area contributed by atoms with E-state index in [9.17, 15) is 9.59 Å². The number of halogens is 1. The minimum atomic E-state index is -0.325. The lowest BCUT2D eigenvalue weighted by Gasteiger charge is -2.20. The molecule has 126 valence electrons. The number of benzene rings is 1. The van der Waals surface area contributed by atoms with Crippen LogP contribution in [0.2, 0.25) is 5.02 Å². The molecule has 1 aliphatic rings. The lowest BCUT2D eigenvalue weighted by atomic mass is 10.1. The molecule has 5 nitrogen and oxygen atoms in total. The first kappa shape index (κ1) is 17.8. The molecule has 1 aromatic carbocycles. The molecule has 2 amide bonds. The Bertz CT molecular complexity index is 547. The lowest BCUT2D eigenvalue weighted by molar-refractivity contribution is -0.126. The number of anilines is 1. The average Bonchev–Trinajstić information content (AvgIpc) is 2.94. The molecule has 2 rings (SSSR count). The zero-order valence-electron chi connectivity index (χ0n) is 13.4.